The molecule has 0 spiro atoms. The Kier molecular flexibility index (Phi) is 5.77. The third kappa shape index (κ3) is 3.98. The molecule has 0 saturated heterocycles. The van der Waals surface area contributed by atoms with Gasteiger partial charge in [0.15, 0.2) is 0 Å². The first-order valence-corrected chi connectivity index (χ1v) is 8.80. The van der Waals surface area contributed by atoms with Crippen LogP contribution in [0.3, 0.4) is 0 Å². The molecule has 6 heteroatoms. The van der Waals surface area contributed by atoms with Gasteiger partial charge in [-0.25, -0.2) is 4.79 Å². The number of methoxy groups -OCH3 is 1. The van der Waals surface area contributed by atoms with Gasteiger partial charge in [0.05, 0.1) is 19.1 Å². The Morgan fingerprint density at radius 2 is 2.19 bits per heavy atom. The number of amides is 2. The van der Waals surface area contributed by atoms with Crippen molar-refractivity contribution >= 4 is 23.3 Å². The number of fused-ring (bicyclic) bond motifs is 1. The number of urea groups is 1. The number of nitrogens with zero attached hydrogens (tertiary/aromatic N) is 2. The van der Waals surface area contributed by atoms with E-state index in [1.165, 1.54) is 5.56 Å². The maximum absolute atomic E-state index is 12.7. The van der Waals surface area contributed by atoms with Crippen molar-refractivity contribution in [3.63, 3.8) is 0 Å². The monoisotopic (exact) mass is 369 g/mol. The Bertz CT molecular complexity index is 861. The third-order valence-corrected chi connectivity index (χ3v) is 4.76. The van der Waals surface area contributed by atoms with Gasteiger partial charge in [0.2, 0.25) is 0 Å². The molecule has 3 rings (SSSR count). The lowest BCUT2D eigenvalue weighted by atomic mass is 9.93. The molecule has 26 heavy (non-hydrogen) atoms. The van der Waals surface area contributed by atoms with Gasteiger partial charge in [-0.1, -0.05) is 29.8 Å². The normalized spacial score (nSPS) is 13.0. The van der Waals surface area contributed by atoms with E-state index in [1.54, 1.807) is 30.2 Å². The van der Waals surface area contributed by atoms with Crippen LogP contribution in [0.15, 0.2) is 36.4 Å². The molecule has 0 aromatic heterocycles. The molecule has 1 aliphatic heterocycles. The molecule has 0 unspecified atom stereocenters. The number of halogens is 1. The van der Waals surface area contributed by atoms with E-state index in [2.05, 4.69) is 11.4 Å². The standard InChI is InChI=1S/C20H20ClN3O2/c1-26-13-16-11-17(21)5-6-19(16)23-20(25)24-10-8-18-14(7-9-22)3-2-4-15(18)12-24/h2-6,11H,7-8,10,12-13H2,1H3,(H,23,25). The molecule has 1 heterocycles. The van der Waals surface area contributed by atoms with E-state index in [0.717, 1.165) is 23.1 Å². The summed E-state index contributed by atoms with van der Waals surface area (Å²) < 4.78 is 5.18. The minimum Gasteiger partial charge on any atom is -0.380 e. The number of hydrogen-bond donors (Lipinski definition) is 1. The maximum Gasteiger partial charge on any atom is 0.322 e. The first-order chi connectivity index (χ1) is 12.6. The highest BCUT2D eigenvalue weighted by Gasteiger charge is 2.23. The van der Waals surface area contributed by atoms with Crippen molar-refractivity contribution in [2.24, 2.45) is 0 Å². The average Bonchev–Trinajstić information content (AvgIpc) is 2.64. The van der Waals surface area contributed by atoms with E-state index in [4.69, 9.17) is 21.6 Å². The van der Waals surface area contributed by atoms with Crippen LogP contribution in [0.4, 0.5) is 10.5 Å². The minimum atomic E-state index is -0.152. The van der Waals surface area contributed by atoms with Crippen molar-refractivity contribution in [3.05, 3.63) is 63.7 Å². The molecule has 0 fully saturated rings. The molecule has 134 valence electrons. The average molecular weight is 370 g/mol. The van der Waals surface area contributed by atoms with Crippen molar-refractivity contribution in [2.45, 2.75) is 26.0 Å². The lowest BCUT2D eigenvalue weighted by molar-refractivity contribution is 0.185. The molecule has 1 N–H and O–H groups in total. The molecule has 0 radical (unpaired) electrons. The van der Waals surface area contributed by atoms with Crippen LogP contribution in [0.25, 0.3) is 0 Å². The summed E-state index contributed by atoms with van der Waals surface area (Å²) in [7, 11) is 1.60. The van der Waals surface area contributed by atoms with Crippen molar-refractivity contribution in [2.75, 3.05) is 19.0 Å². The number of benzene rings is 2. The molecule has 5 nitrogen and oxygen atoms in total. The first-order valence-electron chi connectivity index (χ1n) is 8.42. The van der Waals surface area contributed by atoms with E-state index in [-0.39, 0.29) is 6.03 Å². The summed E-state index contributed by atoms with van der Waals surface area (Å²) >= 11 is 6.03. The van der Waals surface area contributed by atoms with E-state index in [0.29, 0.717) is 36.8 Å². The molecule has 2 aromatic rings. The first kappa shape index (κ1) is 18.2. The number of anilines is 1. The predicted molar refractivity (Wildman–Crippen MR) is 101 cm³/mol. The van der Waals surface area contributed by atoms with Crippen molar-refractivity contribution < 1.29 is 9.53 Å². The zero-order chi connectivity index (χ0) is 18.5. The van der Waals surface area contributed by atoms with Gasteiger partial charge < -0.3 is 15.0 Å². The summed E-state index contributed by atoms with van der Waals surface area (Å²) in [5.41, 5.74) is 4.90. The molecule has 2 amide bonds. The zero-order valence-electron chi connectivity index (χ0n) is 14.6. The van der Waals surface area contributed by atoms with Crippen LogP contribution in [-0.2, 0) is 30.7 Å². The van der Waals surface area contributed by atoms with Gasteiger partial charge in [-0.2, -0.15) is 5.26 Å². The van der Waals surface area contributed by atoms with Gasteiger partial charge in [0.25, 0.3) is 0 Å². The highest BCUT2D eigenvalue weighted by atomic mass is 35.5. The number of hydrogen-bond acceptors (Lipinski definition) is 3. The number of carbonyl (C=O) groups is 1. The Morgan fingerprint density at radius 1 is 1.35 bits per heavy atom. The molecule has 0 atom stereocenters. The number of nitriles is 1. The highest BCUT2D eigenvalue weighted by Crippen LogP contribution is 2.25. The second-order valence-corrected chi connectivity index (χ2v) is 6.66. The smallest absolute Gasteiger partial charge is 0.322 e. The number of rotatable bonds is 4. The second kappa shape index (κ2) is 8.22. The Balaban J connectivity index is 1.75. The highest BCUT2D eigenvalue weighted by molar-refractivity contribution is 6.30. The number of carbonyl (C=O) groups excluding carboxylic acids is 1. The van der Waals surface area contributed by atoms with Gasteiger partial charge in [0.1, 0.15) is 0 Å². The Morgan fingerprint density at radius 3 is 2.96 bits per heavy atom. The maximum atomic E-state index is 12.7. The van der Waals surface area contributed by atoms with Gasteiger partial charge >= 0.3 is 6.03 Å². The van der Waals surface area contributed by atoms with Crippen LogP contribution in [0, 0.1) is 11.3 Å². The van der Waals surface area contributed by atoms with E-state index >= 15 is 0 Å². The van der Waals surface area contributed by atoms with Crippen LogP contribution >= 0.6 is 11.6 Å². The topological polar surface area (TPSA) is 65.4 Å². The van der Waals surface area contributed by atoms with Crippen LogP contribution in [0.5, 0.6) is 0 Å². The van der Waals surface area contributed by atoms with Gasteiger partial charge in [-0.3, -0.25) is 0 Å². The van der Waals surface area contributed by atoms with E-state index < -0.39 is 0 Å². The zero-order valence-corrected chi connectivity index (χ0v) is 15.3. The SMILES string of the molecule is COCc1cc(Cl)ccc1NC(=O)N1CCc2c(CC#N)cccc2C1. The van der Waals surface area contributed by atoms with Crippen LogP contribution in [0.1, 0.15) is 22.3 Å². The fourth-order valence-electron chi connectivity index (χ4n) is 3.27. The van der Waals surface area contributed by atoms with Gasteiger partial charge in [-0.15, -0.1) is 0 Å². The van der Waals surface area contributed by atoms with E-state index in [9.17, 15) is 4.79 Å². The van der Waals surface area contributed by atoms with Crippen LogP contribution in [-0.4, -0.2) is 24.6 Å². The fourth-order valence-corrected chi connectivity index (χ4v) is 3.46. The summed E-state index contributed by atoms with van der Waals surface area (Å²) in [4.78, 5) is 14.5. The molecule has 0 bridgehead atoms. The molecule has 1 aliphatic rings. The van der Waals surface area contributed by atoms with E-state index in [1.807, 2.05) is 18.2 Å². The summed E-state index contributed by atoms with van der Waals surface area (Å²) in [6.07, 6.45) is 1.16. The minimum absolute atomic E-state index is 0.152. The molecule has 2 aromatic carbocycles. The predicted octanol–water partition coefficient (Wildman–Crippen LogP) is 4.14. The Labute approximate surface area is 158 Å². The van der Waals surface area contributed by atoms with Gasteiger partial charge in [-0.05, 0) is 41.3 Å². The van der Waals surface area contributed by atoms with Crippen molar-refractivity contribution in [1.82, 2.24) is 4.90 Å². The largest absolute Gasteiger partial charge is 0.380 e. The fraction of sp³-hybridized carbons (Fsp3) is 0.300. The lowest BCUT2D eigenvalue weighted by Crippen LogP contribution is -2.39. The van der Waals surface area contributed by atoms with Crippen molar-refractivity contribution in [3.8, 4) is 6.07 Å². The molecule has 0 aliphatic carbocycles. The molecular formula is C20H20ClN3O2. The number of ether oxygens (including phenoxy) is 1. The van der Waals surface area contributed by atoms with Crippen molar-refractivity contribution in [1.29, 1.82) is 5.26 Å². The quantitative estimate of drug-likeness (QED) is 0.880. The summed E-state index contributed by atoms with van der Waals surface area (Å²) in [5, 5.41) is 12.5. The van der Waals surface area contributed by atoms with Crippen LogP contribution in [0.2, 0.25) is 5.02 Å². The van der Waals surface area contributed by atoms with Gasteiger partial charge in [0, 0.05) is 36.5 Å². The third-order valence-electron chi connectivity index (χ3n) is 4.53. The Hall–Kier alpha value is -2.55. The summed E-state index contributed by atoms with van der Waals surface area (Å²) in [6.45, 7) is 1.53. The lowest BCUT2D eigenvalue weighted by Gasteiger charge is -2.30. The summed E-state index contributed by atoms with van der Waals surface area (Å²) in [5.74, 6) is 0. The summed E-state index contributed by atoms with van der Waals surface area (Å²) in [6, 6.07) is 13.3. The molecular weight excluding hydrogens is 350 g/mol. The second-order valence-electron chi connectivity index (χ2n) is 6.23. The van der Waals surface area contributed by atoms with Crippen LogP contribution < -0.4 is 5.32 Å². The molecule has 0 saturated carbocycles. The number of nitrogens with one attached hydrogen (secondary N) is 1.